The third-order valence-electron chi connectivity index (χ3n) is 3.81. The van der Waals surface area contributed by atoms with Crippen molar-refractivity contribution in [2.24, 2.45) is 0 Å². The molecule has 0 aliphatic heterocycles. The maximum atomic E-state index is 12.0. The quantitative estimate of drug-likeness (QED) is 0.676. The van der Waals surface area contributed by atoms with Crippen LogP contribution in [-0.4, -0.2) is 28.2 Å². The molecule has 0 radical (unpaired) electrons. The van der Waals surface area contributed by atoms with Crippen molar-refractivity contribution in [1.82, 2.24) is 4.98 Å². The highest BCUT2D eigenvalue weighted by atomic mass is 35.5. The Kier molecular flexibility index (Phi) is 4.79. The summed E-state index contributed by atoms with van der Waals surface area (Å²) >= 11 is 8.39. The molecule has 0 saturated carbocycles. The minimum absolute atomic E-state index is 0.00156. The molecular weight excluding hydrogens is 318 g/mol. The fourth-order valence-electron chi connectivity index (χ4n) is 2.76. The molecule has 1 aliphatic carbocycles. The van der Waals surface area contributed by atoms with Crippen LogP contribution in [0.1, 0.15) is 28.5 Å². The van der Waals surface area contributed by atoms with Gasteiger partial charge in [-0.05, 0) is 43.0 Å². The highest BCUT2D eigenvalue weighted by molar-refractivity contribution is 8.00. The highest BCUT2D eigenvalue weighted by Crippen LogP contribution is 2.37. The van der Waals surface area contributed by atoms with Crippen LogP contribution in [0.25, 0.3) is 0 Å². The molecule has 0 bridgehead atoms. The highest BCUT2D eigenvalue weighted by Gasteiger charge is 2.32. The lowest BCUT2D eigenvalue weighted by Crippen LogP contribution is -2.28. The Labute approximate surface area is 139 Å². The van der Waals surface area contributed by atoms with E-state index in [4.69, 9.17) is 16.3 Å². The van der Waals surface area contributed by atoms with E-state index in [-0.39, 0.29) is 11.3 Å². The minimum atomic E-state index is -0.290. The molecule has 22 heavy (non-hydrogen) atoms. The molecule has 3 nitrogen and oxygen atoms in total. The molecule has 2 atom stereocenters. The zero-order valence-electron chi connectivity index (χ0n) is 12.3. The van der Waals surface area contributed by atoms with E-state index in [9.17, 15) is 4.79 Å². The second-order valence-corrected chi connectivity index (χ2v) is 7.15. The maximum Gasteiger partial charge on any atom is 0.355 e. The number of carbonyl (C=O) groups is 1. The first kappa shape index (κ1) is 15.5. The monoisotopic (exact) mass is 335 g/mol. The lowest BCUT2D eigenvalue weighted by Gasteiger charge is -2.27. The van der Waals surface area contributed by atoms with Gasteiger partial charge in [0.15, 0.2) is 0 Å². The summed E-state index contributed by atoms with van der Waals surface area (Å²) in [6, 6.07) is 10.3. The molecule has 0 amide bonds. The number of rotatable bonds is 4. The van der Waals surface area contributed by atoms with E-state index in [0.29, 0.717) is 24.0 Å². The third kappa shape index (κ3) is 3.18. The van der Waals surface area contributed by atoms with Crippen LogP contribution in [0.15, 0.2) is 41.4 Å². The largest absolute Gasteiger partial charge is 0.461 e. The molecule has 2 aromatic rings. The van der Waals surface area contributed by atoms with E-state index in [1.807, 2.05) is 31.3 Å². The Morgan fingerprint density at radius 1 is 1.36 bits per heavy atom. The van der Waals surface area contributed by atoms with Crippen molar-refractivity contribution >= 4 is 29.3 Å². The smallest absolute Gasteiger partial charge is 0.355 e. The van der Waals surface area contributed by atoms with Crippen LogP contribution in [0.3, 0.4) is 0 Å². The lowest BCUT2D eigenvalue weighted by molar-refractivity contribution is 0.0519. The average Bonchev–Trinajstić information content (AvgIpc) is 2.92. The molecule has 0 unspecified atom stereocenters. The van der Waals surface area contributed by atoms with Crippen molar-refractivity contribution in [2.75, 3.05) is 6.61 Å². The number of aromatic nitrogens is 1. The number of esters is 1. The van der Waals surface area contributed by atoms with Crippen LogP contribution in [0.5, 0.6) is 0 Å². The number of aromatic amines is 1. The molecule has 0 spiro atoms. The standard InChI is InChI=1S/C17H18ClNO2S/c1-2-21-17(20)16-13-9-14(18)15(8-11(13)10-19-16)22-12-6-4-3-5-7-12/h3-7,10,14-15,19H,2,8-9H2,1H3/t14-,15-/m0/s1. The molecule has 1 N–H and O–H groups in total. The summed E-state index contributed by atoms with van der Waals surface area (Å²) in [6.45, 7) is 2.19. The Morgan fingerprint density at radius 2 is 2.14 bits per heavy atom. The number of hydrogen-bond donors (Lipinski definition) is 1. The number of carbonyl (C=O) groups excluding carboxylic acids is 1. The van der Waals surface area contributed by atoms with Crippen LogP contribution < -0.4 is 0 Å². The van der Waals surface area contributed by atoms with Crippen molar-refractivity contribution in [1.29, 1.82) is 0 Å². The van der Waals surface area contributed by atoms with E-state index in [1.165, 1.54) is 10.5 Å². The number of halogens is 1. The van der Waals surface area contributed by atoms with Gasteiger partial charge in [0.2, 0.25) is 0 Å². The first-order chi connectivity index (χ1) is 10.7. The maximum absolute atomic E-state index is 12.0. The van der Waals surface area contributed by atoms with Crippen LogP contribution in [-0.2, 0) is 17.6 Å². The number of thioether (sulfide) groups is 1. The predicted octanol–water partition coefficient (Wildman–Crippen LogP) is 4.06. The Bertz CT molecular complexity index is 656. The van der Waals surface area contributed by atoms with Crippen LogP contribution >= 0.6 is 23.4 Å². The van der Waals surface area contributed by atoms with E-state index in [0.717, 1.165) is 12.0 Å². The second kappa shape index (κ2) is 6.80. The number of H-pyrrole nitrogens is 1. The number of hydrogen-bond acceptors (Lipinski definition) is 3. The second-order valence-electron chi connectivity index (χ2n) is 5.28. The summed E-state index contributed by atoms with van der Waals surface area (Å²) in [4.78, 5) is 16.2. The van der Waals surface area contributed by atoms with Gasteiger partial charge in [-0.3, -0.25) is 0 Å². The van der Waals surface area contributed by atoms with Gasteiger partial charge in [-0.1, -0.05) is 18.2 Å². The van der Waals surface area contributed by atoms with E-state index >= 15 is 0 Å². The summed E-state index contributed by atoms with van der Waals surface area (Å²) in [7, 11) is 0. The fraction of sp³-hybridized carbons (Fsp3) is 0.353. The molecule has 116 valence electrons. The van der Waals surface area contributed by atoms with Crippen molar-refractivity contribution in [3.8, 4) is 0 Å². The normalized spacial score (nSPS) is 20.5. The SMILES string of the molecule is CCOC(=O)c1[nH]cc2c1C[C@H](Cl)[C@@H](Sc1ccccc1)C2. The van der Waals surface area contributed by atoms with Gasteiger partial charge in [0, 0.05) is 16.3 Å². The fourth-order valence-corrected chi connectivity index (χ4v) is 4.32. The summed E-state index contributed by atoms with van der Waals surface area (Å²) in [5.74, 6) is -0.290. The minimum Gasteiger partial charge on any atom is -0.461 e. The van der Waals surface area contributed by atoms with Crippen molar-refractivity contribution in [2.45, 2.75) is 35.3 Å². The molecule has 3 rings (SSSR count). The number of ether oxygens (including phenoxy) is 1. The first-order valence-corrected chi connectivity index (χ1v) is 8.72. The van der Waals surface area contributed by atoms with Gasteiger partial charge in [-0.15, -0.1) is 23.4 Å². The van der Waals surface area contributed by atoms with Crippen LogP contribution in [0.4, 0.5) is 0 Å². The van der Waals surface area contributed by atoms with Gasteiger partial charge in [0.25, 0.3) is 0 Å². The zero-order valence-corrected chi connectivity index (χ0v) is 13.9. The van der Waals surface area contributed by atoms with Gasteiger partial charge in [0.1, 0.15) is 5.69 Å². The molecule has 1 aliphatic rings. The van der Waals surface area contributed by atoms with E-state index in [2.05, 4.69) is 17.1 Å². The number of fused-ring (bicyclic) bond motifs is 1. The van der Waals surface area contributed by atoms with Crippen LogP contribution in [0, 0.1) is 0 Å². The van der Waals surface area contributed by atoms with Crippen molar-refractivity contribution in [3.05, 3.63) is 53.3 Å². The molecule has 0 saturated heterocycles. The Hall–Kier alpha value is -1.39. The molecule has 1 aromatic heterocycles. The number of alkyl halides is 1. The predicted molar refractivity (Wildman–Crippen MR) is 89.9 cm³/mol. The number of benzene rings is 1. The molecule has 1 heterocycles. The van der Waals surface area contributed by atoms with Gasteiger partial charge in [-0.25, -0.2) is 4.79 Å². The third-order valence-corrected chi connectivity index (χ3v) is 5.76. The van der Waals surface area contributed by atoms with Crippen molar-refractivity contribution in [3.63, 3.8) is 0 Å². The molecular formula is C17H18ClNO2S. The summed E-state index contributed by atoms with van der Waals surface area (Å²) < 4.78 is 5.09. The molecule has 1 aromatic carbocycles. The van der Waals surface area contributed by atoms with Gasteiger partial charge in [0.05, 0.1) is 12.0 Å². The summed E-state index contributed by atoms with van der Waals surface area (Å²) in [5.41, 5.74) is 2.75. The Morgan fingerprint density at radius 3 is 2.86 bits per heavy atom. The van der Waals surface area contributed by atoms with Gasteiger partial charge >= 0.3 is 5.97 Å². The number of nitrogens with one attached hydrogen (secondary N) is 1. The van der Waals surface area contributed by atoms with Crippen LogP contribution in [0.2, 0.25) is 0 Å². The first-order valence-electron chi connectivity index (χ1n) is 7.41. The topological polar surface area (TPSA) is 42.1 Å². The average molecular weight is 336 g/mol. The van der Waals surface area contributed by atoms with Crippen molar-refractivity contribution < 1.29 is 9.53 Å². The molecule has 0 fully saturated rings. The van der Waals surface area contributed by atoms with Gasteiger partial charge in [-0.2, -0.15) is 0 Å². The summed E-state index contributed by atoms with van der Waals surface area (Å²) in [6.07, 6.45) is 3.47. The summed E-state index contributed by atoms with van der Waals surface area (Å²) in [5, 5.41) is 0.309. The van der Waals surface area contributed by atoms with Gasteiger partial charge < -0.3 is 9.72 Å². The molecule has 5 heteroatoms. The lowest BCUT2D eigenvalue weighted by atomic mass is 9.93. The van der Waals surface area contributed by atoms with E-state index < -0.39 is 0 Å². The Balaban J connectivity index is 1.77. The van der Waals surface area contributed by atoms with E-state index in [1.54, 1.807) is 11.8 Å². The zero-order chi connectivity index (χ0) is 15.5.